The summed E-state index contributed by atoms with van der Waals surface area (Å²) in [5.74, 6) is -0.613. The predicted octanol–water partition coefficient (Wildman–Crippen LogP) is 2.25. The minimum Gasteiger partial charge on any atom is -0.436 e. The summed E-state index contributed by atoms with van der Waals surface area (Å²) in [4.78, 5) is 14.0. The standard InChI is InChI=1S/C15H14F3NO6S/c1-9-8-23-6-5-19(9)13-7-11(20)10-3-2-4-12(14(10)24-13)25-26(21,22)15(16,17)18/h2-4,7,9H,5-6,8H2,1H3/t9-/m0/s1. The van der Waals surface area contributed by atoms with Crippen molar-refractivity contribution < 1.29 is 34.9 Å². The number of hydrogen-bond donors (Lipinski definition) is 0. The molecule has 142 valence electrons. The van der Waals surface area contributed by atoms with Gasteiger partial charge in [0.2, 0.25) is 5.88 Å². The van der Waals surface area contributed by atoms with Gasteiger partial charge < -0.3 is 18.2 Å². The highest BCUT2D eigenvalue weighted by atomic mass is 32.2. The van der Waals surface area contributed by atoms with Crippen LogP contribution in [0.4, 0.5) is 19.1 Å². The molecule has 1 aliphatic rings. The van der Waals surface area contributed by atoms with E-state index < -0.39 is 26.8 Å². The zero-order valence-corrected chi connectivity index (χ0v) is 14.3. The van der Waals surface area contributed by atoms with Crippen LogP contribution in [0.3, 0.4) is 0 Å². The molecule has 7 nitrogen and oxygen atoms in total. The van der Waals surface area contributed by atoms with Crippen LogP contribution in [0.1, 0.15) is 6.92 Å². The molecule has 1 fully saturated rings. The van der Waals surface area contributed by atoms with Gasteiger partial charge in [0.25, 0.3) is 0 Å². The molecule has 0 unspecified atom stereocenters. The maximum absolute atomic E-state index is 12.6. The monoisotopic (exact) mass is 393 g/mol. The second kappa shape index (κ2) is 6.47. The average Bonchev–Trinajstić information content (AvgIpc) is 2.54. The van der Waals surface area contributed by atoms with Gasteiger partial charge in [-0.3, -0.25) is 4.79 Å². The van der Waals surface area contributed by atoms with Crippen molar-refractivity contribution in [2.45, 2.75) is 18.5 Å². The van der Waals surface area contributed by atoms with E-state index in [9.17, 15) is 26.4 Å². The Morgan fingerprint density at radius 3 is 2.69 bits per heavy atom. The SMILES string of the molecule is C[C@H]1COCCN1c1cc(=O)c2cccc(OS(=O)(=O)C(F)(F)F)c2o1. The van der Waals surface area contributed by atoms with Crippen LogP contribution in [0.5, 0.6) is 5.75 Å². The van der Waals surface area contributed by atoms with Gasteiger partial charge in [0, 0.05) is 12.6 Å². The first-order chi connectivity index (χ1) is 12.1. The fraction of sp³-hybridized carbons (Fsp3) is 0.400. The number of ether oxygens (including phenoxy) is 1. The van der Waals surface area contributed by atoms with Gasteiger partial charge in [0.05, 0.1) is 24.6 Å². The molecule has 2 heterocycles. The Hall–Kier alpha value is -2.27. The summed E-state index contributed by atoms with van der Waals surface area (Å²) in [6.07, 6.45) is 0. The summed E-state index contributed by atoms with van der Waals surface area (Å²) >= 11 is 0. The molecule has 1 saturated heterocycles. The maximum atomic E-state index is 12.6. The summed E-state index contributed by atoms with van der Waals surface area (Å²) in [5, 5.41) is -0.0930. The number of alkyl halides is 3. The molecule has 1 aliphatic heterocycles. The van der Waals surface area contributed by atoms with Crippen molar-refractivity contribution in [2.24, 2.45) is 0 Å². The Labute approximate surface area is 146 Å². The lowest BCUT2D eigenvalue weighted by molar-refractivity contribution is -0.0499. The number of fused-ring (bicyclic) bond motifs is 1. The first-order valence-electron chi connectivity index (χ1n) is 7.52. The summed E-state index contributed by atoms with van der Waals surface area (Å²) in [6, 6.07) is 4.56. The molecule has 3 rings (SSSR count). The van der Waals surface area contributed by atoms with E-state index in [2.05, 4.69) is 4.18 Å². The van der Waals surface area contributed by atoms with E-state index >= 15 is 0 Å². The number of halogens is 3. The molecule has 11 heteroatoms. The Bertz CT molecular complexity index is 985. The average molecular weight is 393 g/mol. The van der Waals surface area contributed by atoms with E-state index in [1.807, 2.05) is 6.92 Å². The molecular weight excluding hydrogens is 379 g/mol. The highest BCUT2D eigenvalue weighted by molar-refractivity contribution is 7.88. The van der Waals surface area contributed by atoms with Gasteiger partial charge >= 0.3 is 15.6 Å². The molecule has 0 radical (unpaired) electrons. The number of morpholine rings is 1. The van der Waals surface area contributed by atoms with Crippen molar-refractivity contribution in [1.82, 2.24) is 0 Å². The molecule has 0 amide bonds. The second-order valence-electron chi connectivity index (χ2n) is 5.68. The van der Waals surface area contributed by atoms with Gasteiger partial charge in [-0.05, 0) is 19.1 Å². The van der Waals surface area contributed by atoms with E-state index in [4.69, 9.17) is 9.15 Å². The van der Waals surface area contributed by atoms with Crippen LogP contribution in [-0.2, 0) is 14.9 Å². The Kier molecular flexibility index (Phi) is 4.61. The summed E-state index contributed by atoms with van der Waals surface area (Å²) in [6.45, 7) is 2.98. The largest absolute Gasteiger partial charge is 0.534 e. The molecule has 1 aromatic heterocycles. The van der Waals surface area contributed by atoms with Crippen molar-refractivity contribution in [3.05, 3.63) is 34.5 Å². The number of para-hydroxylation sites is 1. The first-order valence-corrected chi connectivity index (χ1v) is 8.93. The molecule has 26 heavy (non-hydrogen) atoms. The molecule has 2 aromatic rings. The maximum Gasteiger partial charge on any atom is 0.534 e. The number of nitrogens with zero attached hydrogens (tertiary/aromatic N) is 1. The van der Waals surface area contributed by atoms with E-state index in [1.54, 1.807) is 4.90 Å². The Morgan fingerprint density at radius 1 is 1.31 bits per heavy atom. The van der Waals surface area contributed by atoms with Crippen LogP contribution in [0.25, 0.3) is 11.0 Å². The lowest BCUT2D eigenvalue weighted by Crippen LogP contribution is -2.44. The van der Waals surface area contributed by atoms with Gasteiger partial charge in [-0.2, -0.15) is 21.6 Å². The van der Waals surface area contributed by atoms with Crippen LogP contribution in [0.15, 0.2) is 33.5 Å². The third kappa shape index (κ3) is 3.36. The van der Waals surface area contributed by atoms with Crippen molar-refractivity contribution in [3.8, 4) is 5.75 Å². The van der Waals surface area contributed by atoms with Gasteiger partial charge in [-0.1, -0.05) is 6.07 Å². The van der Waals surface area contributed by atoms with Crippen LogP contribution in [0.2, 0.25) is 0 Å². The smallest absolute Gasteiger partial charge is 0.436 e. The number of benzene rings is 1. The van der Waals surface area contributed by atoms with Gasteiger partial charge in [-0.15, -0.1) is 0 Å². The third-order valence-corrected chi connectivity index (χ3v) is 4.81. The zero-order valence-electron chi connectivity index (χ0n) is 13.4. The quantitative estimate of drug-likeness (QED) is 0.584. The minimum atomic E-state index is -5.90. The fourth-order valence-electron chi connectivity index (χ4n) is 2.57. The lowest BCUT2D eigenvalue weighted by Gasteiger charge is -2.33. The van der Waals surface area contributed by atoms with Crippen molar-refractivity contribution in [3.63, 3.8) is 0 Å². The molecular formula is C15H14F3NO6S. The molecule has 0 bridgehead atoms. The van der Waals surface area contributed by atoms with Crippen LogP contribution in [0, 0.1) is 0 Å². The van der Waals surface area contributed by atoms with Gasteiger partial charge in [0.1, 0.15) is 0 Å². The zero-order chi connectivity index (χ0) is 19.1. The number of hydrogen-bond acceptors (Lipinski definition) is 7. The van der Waals surface area contributed by atoms with E-state index in [0.29, 0.717) is 19.8 Å². The van der Waals surface area contributed by atoms with E-state index in [-0.39, 0.29) is 22.9 Å². The van der Waals surface area contributed by atoms with Crippen molar-refractivity contribution in [1.29, 1.82) is 0 Å². The molecule has 0 N–H and O–H groups in total. The van der Waals surface area contributed by atoms with E-state index in [1.165, 1.54) is 18.2 Å². The highest BCUT2D eigenvalue weighted by Crippen LogP contribution is 2.33. The molecule has 0 aliphatic carbocycles. The lowest BCUT2D eigenvalue weighted by atomic mass is 10.2. The topological polar surface area (TPSA) is 86.0 Å². The summed E-state index contributed by atoms with van der Waals surface area (Å²) in [7, 11) is -5.90. The third-order valence-electron chi connectivity index (χ3n) is 3.84. The van der Waals surface area contributed by atoms with Crippen LogP contribution >= 0.6 is 0 Å². The van der Waals surface area contributed by atoms with Crippen molar-refractivity contribution >= 4 is 27.0 Å². The van der Waals surface area contributed by atoms with Gasteiger partial charge in [0.15, 0.2) is 16.8 Å². The molecule has 1 aromatic carbocycles. The van der Waals surface area contributed by atoms with Crippen LogP contribution in [-0.4, -0.2) is 39.7 Å². The summed E-state index contributed by atoms with van der Waals surface area (Å²) in [5.41, 5.74) is -6.51. The number of anilines is 1. The Balaban J connectivity index is 2.12. The van der Waals surface area contributed by atoms with Crippen LogP contribution < -0.4 is 14.5 Å². The molecule has 1 atom stereocenters. The van der Waals surface area contributed by atoms with Gasteiger partial charge in [-0.25, -0.2) is 0 Å². The highest BCUT2D eigenvalue weighted by Gasteiger charge is 2.49. The number of rotatable bonds is 3. The van der Waals surface area contributed by atoms with Crippen molar-refractivity contribution in [2.75, 3.05) is 24.7 Å². The van der Waals surface area contributed by atoms with E-state index in [0.717, 1.165) is 6.07 Å². The predicted molar refractivity (Wildman–Crippen MR) is 85.7 cm³/mol. The normalized spacial score (nSPS) is 18.9. The molecule has 0 saturated carbocycles. The Morgan fingerprint density at radius 2 is 2.04 bits per heavy atom. The fourth-order valence-corrected chi connectivity index (χ4v) is 3.03. The first kappa shape index (κ1) is 18.5. The minimum absolute atomic E-state index is 0.0930. The second-order valence-corrected chi connectivity index (χ2v) is 7.22. The molecule has 0 spiro atoms. The summed E-state index contributed by atoms with van der Waals surface area (Å²) < 4.78 is 75.4.